The zero-order chi connectivity index (χ0) is 26.9. The molecular weight excluding hydrogens is 520 g/mol. The monoisotopic (exact) mass is 544 g/mol. The average molecular weight is 545 g/mol. The van der Waals surface area contributed by atoms with Crippen molar-refractivity contribution in [2.45, 2.75) is 22.1 Å². The van der Waals surface area contributed by atoms with Gasteiger partial charge in [-0.2, -0.15) is 0 Å². The Morgan fingerprint density at radius 2 is 1.55 bits per heavy atom. The number of esters is 1. The summed E-state index contributed by atoms with van der Waals surface area (Å²) < 4.78 is 34.4. The Balaban J connectivity index is 1.93. The highest BCUT2D eigenvalue weighted by molar-refractivity contribution is 8.10. The summed E-state index contributed by atoms with van der Waals surface area (Å²) >= 11 is 1.04. The molecule has 0 saturated carbocycles. The van der Waals surface area contributed by atoms with Gasteiger partial charge in [-0.3, -0.25) is 9.36 Å². The highest BCUT2D eigenvalue weighted by Gasteiger charge is 2.40. The number of nitrogens with zero attached hydrogens (tertiary/aromatic N) is 1. The van der Waals surface area contributed by atoms with Crippen LogP contribution in [0.2, 0.25) is 0 Å². The fourth-order valence-corrected chi connectivity index (χ4v) is 7.14. The van der Waals surface area contributed by atoms with Crippen LogP contribution in [0.1, 0.15) is 28.1 Å². The second kappa shape index (κ2) is 10.4. The van der Waals surface area contributed by atoms with E-state index in [1.807, 2.05) is 36.4 Å². The summed E-state index contributed by atoms with van der Waals surface area (Å²) in [5.74, 6) is -1.17. The molecule has 0 fully saturated rings. The summed E-state index contributed by atoms with van der Waals surface area (Å²) in [6.45, 7) is 1.79. The van der Waals surface area contributed by atoms with E-state index in [1.54, 1.807) is 55.5 Å². The Kier molecular flexibility index (Phi) is 6.96. The second-order valence-corrected chi connectivity index (χ2v) is 11.5. The van der Waals surface area contributed by atoms with Gasteiger partial charge < -0.3 is 10.5 Å². The molecule has 0 aliphatic carbocycles. The molecule has 0 amide bonds. The van der Waals surface area contributed by atoms with Gasteiger partial charge in [-0.15, -0.1) is 0 Å². The third kappa shape index (κ3) is 4.44. The number of carbonyl (C=O) groups is 2. The number of thioether (sulfide) groups is 1. The Morgan fingerprint density at radius 3 is 2.16 bits per heavy atom. The number of nitrogens with two attached hydrogens (primary N) is 1. The smallest absolute Gasteiger partial charge is 0.346 e. The summed E-state index contributed by atoms with van der Waals surface area (Å²) in [4.78, 5) is 27.5. The largest absolute Gasteiger partial charge is 0.462 e. The van der Waals surface area contributed by atoms with E-state index < -0.39 is 27.0 Å². The number of aromatic nitrogens is 1. The third-order valence-corrected chi connectivity index (χ3v) is 9.19. The average Bonchev–Trinajstić information content (AvgIpc) is 3.23. The standard InChI is InChI=1S/C29H24N2O5S2/c1-2-36-29(33)26-24-22(18-19-12-6-3-7-13-19)23(30)28(38(34,35)21-16-10-5-11-17-21)31(24)27(32)25(37-26)20-14-8-4-9-15-20/h3-18,25H,2,30H2,1H3/b22-18+/t25-/m0/s1. The lowest BCUT2D eigenvalue weighted by Gasteiger charge is -2.23. The summed E-state index contributed by atoms with van der Waals surface area (Å²) in [6, 6.07) is 25.8. The van der Waals surface area contributed by atoms with Gasteiger partial charge in [0.15, 0.2) is 5.03 Å². The molecule has 0 saturated heterocycles. The van der Waals surface area contributed by atoms with Crippen molar-refractivity contribution in [3.63, 3.8) is 0 Å². The zero-order valence-corrected chi connectivity index (χ0v) is 22.0. The summed E-state index contributed by atoms with van der Waals surface area (Å²) in [6.07, 6.45) is 1.68. The van der Waals surface area contributed by atoms with Crippen LogP contribution in [0.15, 0.2) is 101 Å². The van der Waals surface area contributed by atoms with Crippen molar-refractivity contribution in [3.05, 3.63) is 113 Å². The molecular formula is C29H24N2O5S2. The van der Waals surface area contributed by atoms with E-state index in [-0.39, 0.29) is 37.7 Å². The highest BCUT2D eigenvalue weighted by atomic mass is 32.2. The molecule has 3 aromatic carbocycles. The van der Waals surface area contributed by atoms with Gasteiger partial charge in [-0.05, 0) is 36.3 Å². The minimum atomic E-state index is -4.26. The molecule has 4 aromatic rings. The van der Waals surface area contributed by atoms with Crippen molar-refractivity contribution in [2.24, 2.45) is 0 Å². The molecule has 0 radical (unpaired) electrons. The number of sulfone groups is 1. The maximum Gasteiger partial charge on any atom is 0.346 e. The van der Waals surface area contributed by atoms with Crippen LogP contribution in [0.4, 0.5) is 5.69 Å². The summed E-state index contributed by atoms with van der Waals surface area (Å²) in [5, 5.41) is -0.874. The van der Waals surface area contributed by atoms with Crippen LogP contribution in [0.5, 0.6) is 0 Å². The highest BCUT2D eigenvalue weighted by Crippen LogP contribution is 2.40. The van der Waals surface area contributed by atoms with Gasteiger partial charge in [0.25, 0.3) is 0 Å². The molecule has 1 atom stereocenters. The van der Waals surface area contributed by atoms with Crippen LogP contribution in [-0.2, 0) is 19.4 Å². The van der Waals surface area contributed by atoms with E-state index in [0.717, 1.165) is 21.9 Å². The van der Waals surface area contributed by atoms with Crippen molar-refractivity contribution in [2.75, 3.05) is 12.3 Å². The third-order valence-electron chi connectivity index (χ3n) is 6.08. The molecule has 5 rings (SSSR count). The molecule has 0 unspecified atom stereocenters. The van der Waals surface area contributed by atoms with Gasteiger partial charge in [0, 0.05) is 5.22 Å². The van der Waals surface area contributed by atoms with Crippen LogP contribution >= 0.6 is 11.8 Å². The van der Waals surface area contributed by atoms with Gasteiger partial charge in [0.05, 0.1) is 22.5 Å². The molecule has 2 N–H and O–H groups in total. The van der Waals surface area contributed by atoms with E-state index in [0.29, 0.717) is 5.56 Å². The van der Waals surface area contributed by atoms with Crippen molar-refractivity contribution >= 4 is 50.1 Å². The number of ether oxygens (including phenoxy) is 1. The molecule has 1 aromatic heterocycles. The van der Waals surface area contributed by atoms with E-state index >= 15 is 0 Å². The SMILES string of the molecule is CCOC(=O)C1=c2/c(=C/c3ccccc3)c(N)c(S(=O)(=O)c3ccccc3)n2C(=O)[C@H](c2ccccc2)S1. The molecule has 0 spiro atoms. The lowest BCUT2D eigenvalue weighted by molar-refractivity contribution is -0.135. The first-order valence-corrected chi connectivity index (χ1v) is 14.2. The van der Waals surface area contributed by atoms with Crippen molar-refractivity contribution < 1.29 is 22.7 Å². The lowest BCUT2D eigenvalue weighted by atomic mass is 10.1. The van der Waals surface area contributed by atoms with Gasteiger partial charge >= 0.3 is 5.97 Å². The molecule has 0 bridgehead atoms. The lowest BCUT2D eigenvalue weighted by Crippen LogP contribution is -2.42. The number of carbonyl (C=O) groups excluding carboxylic acids is 2. The van der Waals surface area contributed by atoms with Gasteiger partial charge in [0.1, 0.15) is 10.2 Å². The van der Waals surface area contributed by atoms with Crippen LogP contribution in [0, 0.1) is 0 Å². The maximum absolute atomic E-state index is 14.1. The van der Waals surface area contributed by atoms with Gasteiger partial charge in [-0.25, -0.2) is 13.2 Å². The Labute approximate surface area is 224 Å². The molecule has 1 aliphatic rings. The van der Waals surface area contributed by atoms with Crippen LogP contribution in [0.25, 0.3) is 11.0 Å². The molecule has 1 aliphatic heterocycles. The van der Waals surface area contributed by atoms with E-state index in [2.05, 4.69) is 0 Å². The van der Waals surface area contributed by atoms with E-state index in [9.17, 15) is 18.0 Å². The topological polar surface area (TPSA) is 108 Å². The summed E-state index contributed by atoms with van der Waals surface area (Å²) in [7, 11) is -4.26. The van der Waals surface area contributed by atoms with E-state index in [1.165, 1.54) is 12.1 Å². The number of fused-ring (bicyclic) bond motifs is 1. The maximum atomic E-state index is 14.1. The second-order valence-electron chi connectivity index (χ2n) is 8.48. The van der Waals surface area contributed by atoms with Crippen LogP contribution < -0.4 is 16.3 Å². The molecule has 9 heteroatoms. The number of anilines is 1. The zero-order valence-electron chi connectivity index (χ0n) is 20.4. The molecule has 7 nitrogen and oxygen atoms in total. The Hall–Kier alpha value is -4.08. The quantitative estimate of drug-likeness (QED) is 0.370. The predicted octanol–water partition coefficient (Wildman–Crippen LogP) is 3.53. The fraction of sp³-hybridized carbons (Fsp3) is 0.103. The normalized spacial score (nSPS) is 15.8. The number of hydrogen-bond donors (Lipinski definition) is 1. The first kappa shape index (κ1) is 25.6. The Morgan fingerprint density at radius 1 is 0.974 bits per heavy atom. The Bertz CT molecular complexity index is 1750. The minimum Gasteiger partial charge on any atom is -0.462 e. The fourth-order valence-electron chi connectivity index (χ4n) is 4.38. The van der Waals surface area contributed by atoms with Crippen molar-refractivity contribution in [3.8, 4) is 0 Å². The van der Waals surface area contributed by atoms with E-state index in [4.69, 9.17) is 10.5 Å². The van der Waals surface area contributed by atoms with Crippen LogP contribution in [-0.4, -0.2) is 31.5 Å². The van der Waals surface area contributed by atoms with Gasteiger partial charge in [0.2, 0.25) is 15.7 Å². The van der Waals surface area contributed by atoms with Gasteiger partial charge in [-0.1, -0.05) is 90.6 Å². The first-order valence-electron chi connectivity index (χ1n) is 11.9. The number of nitrogen functional groups attached to an aromatic ring is 1. The molecule has 192 valence electrons. The predicted molar refractivity (Wildman–Crippen MR) is 147 cm³/mol. The van der Waals surface area contributed by atoms with Crippen LogP contribution in [0.3, 0.4) is 0 Å². The molecule has 2 heterocycles. The molecule has 38 heavy (non-hydrogen) atoms. The number of hydrogen-bond acceptors (Lipinski definition) is 7. The number of rotatable bonds is 6. The summed E-state index contributed by atoms with van der Waals surface area (Å²) in [5.41, 5.74) is 7.81. The first-order chi connectivity index (χ1) is 18.3. The number of benzene rings is 3. The van der Waals surface area contributed by atoms with Crippen molar-refractivity contribution in [1.82, 2.24) is 4.57 Å². The van der Waals surface area contributed by atoms with Crippen molar-refractivity contribution in [1.29, 1.82) is 0 Å². The minimum absolute atomic E-state index is 0.0155.